The number of likely N-dealkylation sites (tertiary alicyclic amines) is 1. The fourth-order valence-electron chi connectivity index (χ4n) is 2.93. The third kappa shape index (κ3) is 4.59. The molecule has 0 aromatic rings. The van der Waals surface area contributed by atoms with Crippen molar-refractivity contribution in [1.29, 1.82) is 0 Å². The second-order valence-corrected chi connectivity index (χ2v) is 6.31. The van der Waals surface area contributed by atoms with Gasteiger partial charge in [-0.2, -0.15) is 0 Å². The Bertz CT molecular complexity index is 349. The first kappa shape index (κ1) is 15.5. The van der Waals surface area contributed by atoms with Crippen molar-refractivity contribution in [2.24, 2.45) is 23.4 Å². The second-order valence-electron chi connectivity index (χ2n) is 6.31. The Morgan fingerprint density at radius 1 is 1.40 bits per heavy atom. The zero-order valence-electron chi connectivity index (χ0n) is 12.2. The number of allylic oxidation sites excluding steroid dienone is 1. The molecule has 2 rings (SSSR count). The highest BCUT2D eigenvalue weighted by Crippen LogP contribution is 2.49. The van der Waals surface area contributed by atoms with Gasteiger partial charge in [-0.15, -0.1) is 0 Å². The Morgan fingerprint density at radius 2 is 2.00 bits per heavy atom. The molecule has 4 nitrogen and oxygen atoms in total. The lowest BCUT2D eigenvalue weighted by Gasteiger charge is -2.32. The molecular formula is C14H26F2N4. The molecule has 0 amide bonds. The molecule has 1 saturated heterocycles. The van der Waals surface area contributed by atoms with E-state index < -0.39 is 11.8 Å². The molecule has 0 radical (unpaired) electrons. The standard InChI is InChI=1S/C14H26F2N4/c1-19(18)10-13(17)3-2-11-4-6-20(7-5-11)9-12-8-14(12,15)16/h10-12H,2-9,17-18H2,1H3/b13-10-. The van der Waals surface area contributed by atoms with Crippen LogP contribution in [0.4, 0.5) is 8.78 Å². The van der Waals surface area contributed by atoms with Crippen LogP contribution in [0.3, 0.4) is 0 Å². The maximum Gasteiger partial charge on any atom is 0.252 e. The van der Waals surface area contributed by atoms with E-state index in [4.69, 9.17) is 11.6 Å². The molecule has 0 bridgehead atoms. The number of hydrogen-bond donors (Lipinski definition) is 2. The summed E-state index contributed by atoms with van der Waals surface area (Å²) in [4.78, 5) is 2.19. The van der Waals surface area contributed by atoms with E-state index in [1.165, 1.54) is 5.01 Å². The van der Waals surface area contributed by atoms with Crippen molar-refractivity contribution in [3.8, 4) is 0 Å². The molecule has 2 fully saturated rings. The lowest BCUT2D eigenvalue weighted by atomic mass is 9.91. The van der Waals surface area contributed by atoms with Crippen molar-refractivity contribution < 1.29 is 8.78 Å². The van der Waals surface area contributed by atoms with E-state index in [9.17, 15) is 8.78 Å². The van der Waals surface area contributed by atoms with Crippen molar-refractivity contribution >= 4 is 0 Å². The predicted molar refractivity (Wildman–Crippen MR) is 75.7 cm³/mol. The van der Waals surface area contributed by atoms with E-state index in [-0.39, 0.29) is 6.42 Å². The Labute approximate surface area is 119 Å². The van der Waals surface area contributed by atoms with Crippen LogP contribution in [0.1, 0.15) is 32.1 Å². The summed E-state index contributed by atoms with van der Waals surface area (Å²) in [5.74, 6) is 3.38. The smallest absolute Gasteiger partial charge is 0.252 e. The number of alkyl halides is 2. The van der Waals surface area contributed by atoms with Crippen LogP contribution < -0.4 is 11.6 Å². The summed E-state index contributed by atoms with van der Waals surface area (Å²) < 4.78 is 25.8. The number of hydrogen-bond acceptors (Lipinski definition) is 4. The summed E-state index contributed by atoms with van der Waals surface area (Å²) >= 11 is 0. The summed E-state index contributed by atoms with van der Waals surface area (Å²) in [6.45, 7) is 2.45. The quantitative estimate of drug-likeness (QED) is 0.577. The van der Waals surface area contributed by atoms with Gasteiger partial charge in [0.15, 0.2) is 0 Å². The highest BCUT2D eigenvalue weighted by atomic mass is 19.3. The van der Waals surface area contributed by atoms with Crippen molar-refractivity contribution in [1.82, 2.24) is 9.91 Å². The SMILES string of the molecule is CN(N)/C=C(\N)CCC1CCN(CC2CC2(F)F)CC1. The third-order valence-corrected chi connectivity index (χ3v) is 4.35. The third-order valence-electron chi connectivity index (χ3n) is 4.35. The Morgan fingerprint density at radius 3 is 2.50 bits per heavy atom. The fourth-order valence-corrected chi connectivity index (χ4v) is 2.93. The van der Waals surface area contributed by atoms with Gasteiger partial charge in [0.1, 0.15) is 0 Å². The highest BCUT2D eigenvalue weighted by molar-refractivity contribution is 4.97. The zero-order valence-corrected chi connectivity index (χ0v) is 12.2. The van der Waals surface area contributed by atoms with Gasteiger partial charge < -0.3 is 15.6 Å². The van der Waals surface area contributed by atoms with Crippen LogP contribution in [0.25, 0.3) is 0 Å². The minimum atomic E-state index is -2.38. The van der Waals surface area contributed by atoms with Crippen LogP contribution in [0, 0.1) is 11.8 Å². The van der Waals surface area contributed by atoms with Crippen LogP contribution in [-0.2, 0) is 0 Å². The van der Waals surface area contributed by atoms with Gasteiger partial charge in [0.05, 0.1) is 0 Å². The zero-order chi connectivity index (χ0) is 14.8. The van der Waals surface area contributed by atoms with Crippen LogP contribution in [0.15, 0.2) is 11.9 Å². The molecule has 6 heteroatoms. The number of nitrogens with two attached hydrogens (primary N) is 2. The van der Waals surface area contributed by atoms with Gasteiger partial charge >= 0.3 is 0 Å². The van der Waals surface area contributed by atoms with E-state index in [0.29, 0.717) is 12.5 Å². The maximum atomic E-state index is 12.9. The molecular weight excluding hydrogens is 262 g/mol. The van der Waals surface area contributed by atoms with Crippen molar-refractivity contribution in [2.45, 2.75) is 38.0 Å². The van der Waals surface area contributed by atoms with Gasteiger partial charge in [-0.05, 0) is 44.7 Å². The number of halogens is 2. The Hall–Kier alpha value is -0.880. The minimum Gasteiger partial charge on any atom is -0.401 e. The van der Waals surface area contributed by atoms with Crippen LogP contribution in [-0.4, -0.2) is 42.5 Å². The summed E-state index contributed by atoms with van der Waals surface area (Å²) in [5, 5.41) is 1.47. The largest absolute Gasteiger partial charge is 0.401 e. The maximum absolute atomic E-state index is 12.9. The molecule has 20 heavy (non-hydrogen) atoms. The first-order chi connectivity index (χ1) is 9.37. The van der Waals surface area contributed by atoms with Crippen molar-refractivity contribution in [3.05, 3.63) is 11.9 Å². The van der Waals surface area contributed by atoms with Crippen LogP contribution >= 0.6 is 0 Å². The van der Waals surface area contributed by atoms with Crippen LogP contribution in [0.5, 0.6) is 0 Å². The van der Waals surface area contributed by atoms with Gasteiger partial charge in [-0.1, -0.05) is 0 Å². The number of hydrazine groups is 1. The minimum absolute atomic E-state index is 0.0842. The van der Waals surface area contributed by atoms with E-state index in [0.717, 1.165) is 44.5 Å². The second kappa shape index (κ2) is 6.26. The van der Waals surface area contributed by atoms with Gasteiger partial charge in [0.2, 0.25) is 0 Å². The molecule has 4 N–H and O–H groups in total. The van der Waals surface area contributed by atoms with E-state index in [1.807, 2.05) is 0 Å². The average molecular weight is 288 g/mol. The molecule has 0 aromatic heterocycles. The lowest BCUT2D eigenvalue weighted by Crippen LogP contribution is -2.35. The molecule has 1 atom stereocenters. The van der Waals surface area contributed by atoms with Gasteiger partial charge in [-0.25, -0.2) is 14.6 Å². The number of rotatable bonds is 6. The van der Waals surface area contributed by atoms with Gasteiger partial charge in [0.25, 0.3) is 5.92 Å². The Balaban J connectivity index is 1.62. The first-order valence-corrected chi connectivity index (χ1v) is 7.40. The molecule has 1 saturated carbocycles. The Kier molecular flexibility index (Phi) is 4.86. The first-order valence-electron chi connectivity index (χ1n) is 7.40. The van der Waals surface area contributed by atoms with E-state index in [2.05, 4.69) is 4.90 Å². The average Bonchev–Trinajstić information content (AvgIpc) is 2.95. The molecule has 1 unspecified atom stereocenters. The normalized spacial score (nSPS) is 27.6. The van der Waals surface area contributed by atoms with Crippen LogP contribution in [0.2, 0.25) is 0 Å². The topological polar surface area (TPSA) is 58.5 Å². The monoisotopic (exact) mass is 288 g/mol. The summed E-state index contributed by atoms with van der Waals surface area (Å²) in [5.41, 5.74) is 6.67. The molecule has 1 aliphatic carbocycles. The molecule has 0 aromatic carbocycles. The number of piperidine rings is 1. The summed E-state index contributed by atoms with van der Waals surface area (Å²) in [6.07, 6.45) is 5.91. The molecule has 116 valence electrons. The summed E-state index contributed by atoms with van der Waals surface area (Å²) in [6, 6.07) is 0. The van der Waals surface area contributed by atoms with Gasteiger partial charge in [-0.3, -0.25) is 0 Å². The molecule has 0 spiro atoms. The highest BCUT2D eigenvalue weighted by Gasteiger charge is 2.56. The molecule has 2 aliphatic rings. The number of nitrogens with zero attached hydrogens (tertiary/aromatic N) is 2. The van der Waals surface area contributed by atoms with E-state index >= 15 is 0 Å². The lowest BCUT2D eigenvalue weighted by molar-refractivity contribution is 0.0802. The summed E-state index contributed by atoms with van der Waals surface area (Å²) in [7, 11) is 1.75. The predicted octanol–water partition coefficient (Wildman–Crippen LogP) is 1.74. The molecule has 1 heterocycles. The molecule has 1 aliphatic heterocycles. The fraction of sp³-hybridized carbons (Fsp3) is 0.857. The van der Waals surface area contributed by atoms with Crippen molar-refractivity contribution in [3.63, 3.8) is 0 Å². The van der Waals surface area contributed by atoms with Gasteiger partial charge in [0, 0.05) is 37.8 Å². The van der Waals surface area contributed by atoms with Crippen molar-refractivity contribution in [2.75, 3.05) is 26.7 Å². The van der Waals surface area contributed by atoms with E-state index in [1.54, 1.807) is 13.2 Å².